The van der Waals surface area contributed by atoms with E-state index in [-0.39, 0.29) is 12.5 Å². The summed E-state index contributed by atoms with van der Waals surface area (Å²) in [6.45, 7) is 3.96. The molecule has 0 saturated carbocycles. The summed E-state index contributed by atoms with van der Waals surface area (Å²) in [5.74, 6) is 0.855. The molecule has 116 valence electrons. The van der Waals surface area contributed by atoms with Crippen LogP contribution in [0.4, 0.5) is 0 Å². The maximum Gasteiger partial charge on any atom is 0.248 e. The van der Waals surface area contributed by atoms with Crippen LogP contribution in [0.25, 0.3) is 0 Å². The van der Waals surface area contributed by atoms with Crippen LogP contribution in [0.3, 0.4) is 0 Å². The molecule has 0 spiro atoms. The van der Waals surface area contributed by atoms with Gasteiger partial charge in [-0.05, 0) is 12.1 Å². The lowest BCUT2D eigenvalue weighted by Gasteiger charge is -2.35. The highest BCUT2D eigenvalue weighted by atomic mass is 35.5. The first-order valence-corrected chi connectivity index (χ1v) is 7.34. The fourth-order valence-corrected chi connectivity index (χ4v) is 2.70. The third-order valence-electron chi connectivity index (χ3n) is 3.67. The van der Waals surface area contributed by atoms with E-state index in [0.29, 0.717) is 5.02 Å². The second kappa shape index (κ2) is 7.64. The Labute approximate surface area is 130 Å². The topological polar surface area (TPSA) is 42.0 Å². The molecular weight excluding hydrogens is 292 g/mol. The molecule has 0 N–H and O–H groups in total. The molecule has 2 rings (SSSR count). The van der Waals surface area contributed by atoms with Crippen LogP contribution in [-0.4, -0.2) is 62.7 Å². The SMILES string of the molecule is COCC(=O)N1CCN(Cc2c(Cl)cccc2OC)CC1. The zero-order chi connectivity index (χ0) is 15.2. The first-order valence-electron chi connectivity index (χ1n) is 6.96. The third-order valence-corrected chi connectivity index (χ3v) is 4.02. The molecular formula is C15H21ClN2O3. The maximum atomic E-state index is 11.8. The van der Waals surface area contributed by atoms with E-state index in [1.54, 1.807) is 7.11 Å². The molecule has 1 fully saturated rings. The van der Waals surface area contributed by atoms with Crippen molar-refractivity contribution < 1.29 is 14.3 Å². The zero-order valence-corrected chi connectivity index (χ0v) is 13.2. The van der Waals surface area contributed by atoms with Crippen LogP contribution in [0.15, 0.2) is 18.2 Å². The van der Waals surface area contributed by atoms with Crippen LogP contribution >= 0.6 is 11.6 Å². The first-order chi connectivity index (χ1) is 10.2. The van der Waals surface area contributed by atoms with Crippen LogP contribution in [0, 0.1) is 0 Å². The summed E-state index contributed by atoms with van der Waals surface area (Å²) in [7, 11) is 3.19. The Bertz CT molecular complexity index is 488. The number of methoxy groups -OCH3 is 2. The highest BCUT2D eigenvalue weighted by molar-refractivity contribution is 6.31. The molecule has 0 aliphatic carbocycles. The molecule has 5 nitrogen and oxygen atoms in total. The van der Waals surface area contributed by atoms with E-state index in [4.69, 9.17) is 21.1 Å². The van der Waals surface area contributed by atoms with Crippen molar-refractivity contribution in [2.45, 2.75) is 6.54 Å². The van der Waals surface area contributed by atoms with E-state index in [2.05, 4.69) is 4.90 Å². The number of halogens is 1. The molecule has 1 aliphatic heterocycles. The summed E-state index contributed by atoms with van der Waals surface area (Å²) >= 11 is 6.26. The molecule has 0 radical (unpaired) electrons. The van der Waals surface area contributed by atoms with Gasteiger partial charge in [-0.25, -0.2) is 0 Å². The molecule has 1 aromatic rings. The van der Waals surface area contributed by atoms with Crippen molar-refractivity contribution in [3.05, 3.63) is 28.8 Å². The van der Waals surface area contributed by atoms with E-state index in [0.717, 1.165) is 44.0 Å². The first kappa shape index (κ1) is 16.1. The Morgan fingerprint density at radius 3 is 2.57 bits per heavy atom. The third kappa shape index (κ3) is 4.09. The van der Waals surface area contributed by atoms with Gasteiger partial charge in [-0.3, -0.25) is 9.69 Å². The zero-order valence-electron chi connectivity index (χ0n) is 12.5. The molecule has 1 heterocycles. The van der Waals surface area contributed by atoms with Crippen LogP contribution < -0.4 is 4.74 Å². The number of rotatable bonds is 5. The van der Waals surface area contributed by atoms with Gasteiger partial charge >= 0.3 is 0 Å². The number of nitrogens with zero attached hydrogens (tertiary/aromatic N) is 2. The van der Waals surface area contributed by atoms with Crippen molar-refractivity contribution in [2.75, 3.05) is 47.0 Å². The minimum Gasteiger partial charge on any atom is -0.496 e. The number of hydrogen-bond acceptors (Lipinski definition) is 4. The van der Waals surface area contributed by atoms with Crippen molar-refractivity contribution in [3.8, 4) is 5.75 Å². The molecule has 1 aromatic carbocycles. The lowest BCUT2D eigenvalue weighted by molar-refractivity contribution is -0.136. The second-order valence-corrected chi connectivity index (χ2v) is 5.42. The van der Waals surface area contributed by atoms with E-state index >= 15 is 0 Å². The summed E-state index contributed by atoms with van der Waals surface area (Å²) in [6, 6.07) is 5.67. The van der Waals surface area contributed by atoms with Gasteiger partial charge in [0.1, 0.15) is 12.4 Å². The summed E-state index contributed by atoms with van der Waals surface area (Å²) in [4.78, 5) is 15.9. The monoisotopic (exact) mass is 312 g/mol. The Balaban J connectivity index is 1.94. The minimum atomic E-state index is 0.0486. The number of piperazine rings is 1. The summed E-state index contributed by atoms with van der Waals surface area (Å²) in [5, 5.41) is 0.715. The van der Waals surface area contributed by atoms with Crippen LogP contribution in [0.5, 0.6) is 5.75 Å². The standard InChI is InChI=1S/C15H21ClN2O3/c1-20-11-15(19)18-8-6-17(7-9-18)10-12-13(16)4-3-5-14(12)21-2/h3-5H,6-11H2,1-2H3. The van der Waals surface area contributed by atoms with E-state index < -0.39 is 0 Å². The summed E-state index contributed by atoms with van der Waals surface area (Å²) in [5.41, 5.74) is 0.998. The minimum absolute atomic E-state index is 0.0486. The molecule has 0 aromatic heterocycles. The van der Waals surface area contributed by atoms with Crippen LogP contribution in [-0.2, 0) is 16.1 Å². The smallest absolute Gasteiger partial charge is 0.248 e. The maximum absolute atomic E-state index is 11.8. The Morgan fingerprint density at radius 2 is 1.95 bits per heavy atom. The fraction of sp³-hybridized carbons (Fsp3) is 0.533. The predicted molar refractivity (Wildman–Crippen MR) is 81.7 cm³/mol. The van der Waals surface area contributed by atoms with Crippen molar-refractivity contribution in [2.24, 2.45) is 0 Å². The lowest BCUT2D eigenvalue weighted by Crippen LogP contribution is -2.49. The number of ether oxygens (including phenoxy) is 2. The molecule has 6 heteroatoms. The van der Waals surface area contributed by atoms with Crippen molar-refractivity contribution in [1.82, 2.24) is 9.80 Å². The lowest BCUT2D eigenvalue weighted by atomic mass is 10.1. The van der Waals surface area contributed by atoms with E-state index in [1.165, 1.54) is 7.11 Å². The Kier molecular flexibility index (Phi) is 5.85. The van der Waals surface area contributed by atoms with Gasteiger partial charge in [0.25, 0.3) is 0 Å². The molecule has 0 unspecified atom stereocenters. The van der Waals surface area contributed by atoms with Gasteiger partial charge < -0.3 is 14.4 Å². The van der Waals surface area contributed by atoms with Gasteiger partial charge in [0.2, 0.25) is 5.91 Å². The second-order valence-electron chi connectivity index (χ2n) is 5.01. The number of carbonyl (C=O) groups excluding carboxylic acids is 1. The average Bonchev–Trinajstić information content (AvgIpc) is 2.50. The van der Waals surface area contributed by atoms with Gasteiger partial charge in [-0.15, -0.1) is 0 Å². The summed E-state index contributed by atoms with van der Waals surface area (Å²) < 4.78 is 10.3. The van der Waals surface area contributed by atoms with Gasteiger partial charge in [-0.1, -0.05) is 17.7 Å². The molecule has 0 bridgehead atoms. The Morgan fingerprint density at radius 1 is 1.24 bits per heavy atom. The number of benzene rings is 1. The van der Waals surface area contributed by atoms with Crippen LogP contribution in [0.2, 0.25) is 5.02 Å². The van der Waals surface area contributed by atoms with Crippen molar-refractivity contribution in [3.63, 3.8) is 0 Å². The van der Waals surface area contributed by atoms with E-state index in [1.807, 2.05) is 23.1 Å². The van der Waals surface area contributed by atoms with Crippen LogP contribution in [0.1, 0.15) is 5.56 Å². The fourth-order valence-electron chi connectivity index (χ4n) is 2.48. The Hall–Kier alpha value is -1.30. The van der Waals surface area contributed by atoms with Crippen molar-refractivity contribution in [1.29, 1.82) is 0 Å². The summed E-state index contributed by atoms with van der Waals surface area (Å²) in [6.07, 6.45) is 0. The molecule has 21 heavy (non-hydrogen) atoms. The van der Waals surface area contributed by atoms with Gasteiger partial charge in [0.15, 0.2) is 0 Å². The number of amides is 1. The highest BCUT2D eigenvalue weighted by Gasteiger charge is 2.22. The average molecular weight is 313 g/mol. The predicted octanol–water partition coefficient (Wildman–Crippen LogP) is 1.64. The van der Waals surface area contributed by atoms with Gasteiger partial charge in [0.05, 0.1) is 7.11 Å². The molecule has 1 amide bonds. The van der Waals surface area contributed by atoms with Gasteiger partial charge in [0, 0.05) is 50.4 Å². The molecule has 1 saturated heterocycles. The number of carbonyl (C=O) groups is 1. The highest BCUT2D eigenvalue weighted by Crippen LogP contribution is 2.27. The molecule has 1 aliphatic rings. The molecule has 0 atom stereocenters. The number of hydrogen-bond donors (Lipinski definition) is 0. The largest absolute Gasteiger partial charge is 0.496 e. The van der Waals surface area contributed by atoms with E-state index in [9.17, 15) is 4.79 Å². The van der Waals surface area contributed by atoms with Crippen molar-refractivity contribution >= 4 is 17.5 Å². The van der Waals surface area contributed by atoms with Gasteiger partial charge in [-0.2, -0.15) is 0 Å². The quantitative estimate of drug-likeness (QED) is 0.829. The normalized spacial score (nSPS) is 16.0.